The fraction of sp³-hybridized carbons (Fsp3) is 0.500. The number of rotatable bonds is 4. The maximum absolute atomic E-state index is 9.31. The molecular formula is C12H19NO2. The molecule has 1 aromatic carbocycles. The molecule has 3 atom stereocenters. The summed E-state index contributed by atoms with van der Waals surface area (Å²) < 4.78 is 5.56. The van der Waals surface area contributed by atoms with Crippen LogP contribution in [-0.4, -0.2) is 17.3 Å². The first kappa shape index (κ1) is 12.0. The monoisotopic (exact) mass is 209 g/mol. The van der Waals surface area contributed by atoms with Crippen molar-refractivity contribution < 1.29 is 9.84 Å². The van der Waals surface area contributed by atoms with Crippen LogP contribution in [0.4, 0.5) is 0 Å². The van der Waals surface area contributed by atoms with Gasteiger partial charge >= 0.3 is 0 Å². The molecule has 0 spiro atoms. The molecule has 0 radical (unpaired) electrons. The molecule has 15 heavy (non-hydrogen) atoms. The number of benzene rings is 1. The maximum atomic E-state index is 9.31. The van der Waals surface area contributed by atoms with Gasteiger partial charge in [0.05, 0.1) is 6.10 Å². The lowest BCUT2D eigenvalue weighted by Crippen LogP contribution is -2.25. The van der Waals surface area contributed by atoms with Gasteiger partial charge in [0.25, 0.3) is 0 Å². The Kier molecular flexibility index (Phi) is 4.12. The first-order chi connectivity index (χ1) is 7.00. The molecule has 3 N–H and O–H groups in total. The van der Waals surface area contributed by atoms with Gasteiger partial charge in [-0.1, -0.05) is 12.1 Å². The van der Waals surface area contributed by atoms with Crippen LogP contribution in [0.1, 0.15) is 32.4 Å². The smallest absolute Gasteiger partial charge is 0.121 e. The zero-order valence-electron chi connectivity index (χ0n) is 9.47. The molecule has 3 nitrogen and oxygen atoms in total. The van der Waals surface area contributed by atoms with Gasteiger partial charge in [-0.15, -0.1) is 0 Å². The first-order valence-electron chi connectivity index (χ1n) is 5.21. The van der Waals surface area contributed by atoms with Gasteiger partial charge in [-0.25, -0.2) is 0 Å². The Morgan fingerprint density at radius 2 is 1.93 bits per heavy atom. The third-order valence-electron chi connectivity index (χ3n) is 2.39. The topological polar surface area (TPSA) is 55.5 Å². The van der Waals surface area contributed by atoms with E-state index in [0.717, 1.165) is 11.3 Å². The average molecular weight is 209 g/mol. The Balaban J connectivity index is 2.73. The number of hydrogen-bond donors (Lipinski definition) is 2. The summed E-state index contributed by atoms with van der Waals surface area (Å²) in [7, 11) is 0. The van der Waals surface area contributed by atoms with Gasteiger partial charge in [0.2, 0.25) is 0 Å². The molecule has 0 aliphatic rings. The number of nitrogens with two attached hydrogens (primary N) is 1. The maximum Gasteiger partial charge on any atom is 0.121 e. The van der Waals surface area contributed by atoms with E-state index in [-0.39, 0.29) is 12.1 Å². The molecule has 0 bridgehead atoms. The Morgan fingerprint density at radius 3 is 2.47 bits per heavy atom. The summed E-state index contributed by atoms with van der Waals surface area (Å²) in [6.45, 7) is 5.47. The molecule has 0 aromatic heterocycles. The van der Waals surface area contributed by atoms with E-state index in [4.69, 9.17) is 10.5 Å². The van der Waals surface area contributed by atoms with Crippen molar-refractivity contribution in [2.24, 2.45) is 5.73 Å². The third kappa shape index (κ3) is 3.53. The number of aliphatic hydroxyl groups excluding tert-OH is 1. The van der Waals surface area contributed by atoms with Crippen molar-refractivity contribution in [1.82, 2.24) is 0 Å². The van der Waals surface area contributed by atoms with Crippen LogP contribution < -0.4 is 10.5 Å². The van der Waals surface area contributed by atoms with E-state index in [1.54, 1.807) is 6.92 Å². The SMILES string of the molecule is CC(O)C(C)Oc1cccc([C@@H](C)N)c1. The van der Waals surface area contributed by atoms with Crippen molar-refractivity contribution >= 4 is 0 Å². The fourth-order valence-corrected chi connectivity index (χ4v) is 1.18. The molecule has 0 saturated carbocycles. The Bertz CT molecular complexity index is 310. The highest BCUT2D eigenvalue weighted by Gasteiger charge is 2.10. The van der Waals surface area contributed by atoms with Crippen molar-refractivity contribution in [2.45, 2.75) is 39.0 Å². The van der Waals surface area contributed by atoms with Crippen molar-refractivity contribution in [1.29, 1.82) is 0 Å². The quantitative estimate of drug-likeness (QED) is 0.795. The summed E-state index contributed by atoms with van der Waals surface area (Å²) in [4.78, 5) is 0. The minimum absolute atomic E-state index is 0.00425. The van der Waals surface area contributed by atoms with Crippen LogP contribution in [0.5, 0.6) is 5.75 Å². The predicted octanol–water partition coefficient (Wildman–Crippen LogP) is 1.85. The molecule has 0 heterocycles. The van der Waals surface area contributed by atoms with Crippen molar-refractivity contribution in [2.75, 3.05) is 0 Å². The largest absolute Gasteiger partial charge is 0.488 e. The van der Waals surface area contributed by atoms with Gasteiger partial charge in [0.15, 0.2) is 0 Å². The summed E-state index contributed by atoms with van der Waals surface area (Å²) in [5, 5.41) is 9.31. The highest BCUT2D eigenvalue weighted by molar-refractivity contribution is 5.30. The fourth-order valence-electron chi connectivity index (χ4n) is 1.18. The van der Waals surface area contributed by atoms with Crippen LogP contribution in [0.25, 0.3) is 0 Å². The summed E-state index contributed by atoms with van der Waals surface area (Å²) in [5.41, 5.74) is 6.80. The minimum atomic E-state index is -0.482. The van der Waals surface area contributed by atoms with E-state index >= 15 is 0 Å². The van der Waals surface area contributed by atoms with E-state index < -0.39 is 6.10 Å². The highest BCUT2D eigenvalue weighted by Crippen LogP contribution is 2.19. The second-order valence-corrected chi connectivity index (χ2v) is 3.92. The lowest BCUT2D eigenvalue weighted by atomic mass is 10.1. The van der Waals surface area contributed by atoms with E-state index in [1.165, 1.54) is 0 Å². The second-order valence-electron chi connectivity index (χ2n) is 3.92. The van der Waals surface area contributed by atoms with Crippen LogP contribution in [0.15, 0.2) is 24.3 Å². The zero-order valence-corrected chi connectivity index (χ0v) is 9.47. The summed E-state index contributed by atoms with van der Waals surface area (Å²) in [6, 6.07) is 7.64. The van der Waals surface area contributed by atoms with Gasteiger partial charge in [-0.3, -0.25) is 0 Å². The van der Waals surface area contributed by atoms with Crippen LogP contribution >= 0.6 is 0 Å². The van der Waals surface area contributed by atoms with Gasteiger partial charge < -0.3 is 15.6 Å². The molecule has 0 aliphatic carbocycles. The van der Waals surface area contributed by atoms with Crippen molar-refractivity contribution in [3.63, 3.8) is 0 Å². The average Bonchev–Trinajstić information content (AvgIpc) is 2.18. The zero-order chi connectivity index (χ0) is 11.4. The molecule has 1 rings (SSSR count). The van der Waals surface area contributed by atoms with Crippen molar-refractivity contribution in [3.05, 3.63) is 29.8 Å². The summed E-state index contributed by atoms with van der Waals surface area (Å²) in [6.07, 6.45) is -0.697. The molecule has 84 valence electrons. The van der Waals surface area contributed by atoms with Crippen LogP contribution in [0.3, 0.4) is 0 Å². The molecule has 0 fully saturated rings. The number of hydrogen-bond acceptors (Lipinski definition) is 3. The van der Waals surface area contributed by atoms with Gasteiger partial charge in [-0.2, -0.15) is 0 Å². The molecule has 1 aromatic rings. The predicted molar refractivity (Wildman–Crippen MR) is 60.8 cm³/mol. The Labute approximate surface area is 90.9 Å². The number of ether oxygens (including phenoxy) is 1. The highest BCUT2D eigenvalue weighted by atomic mass is 16.5. The van der Waals surface area contributed by atoms with E-state index in [1.807, 2.05) is 38.1 Å². The van der Waals surface area contributed by atoms with Gasteiger partial charge in [0.1, 0.15) is 11.9 Å². The van der Waals surface area contributed by atoms with E-state index in [0.29, 0.717) is 0 Å². The summed E-state index contributed by atoms with van der Waals surface area (Å²) >= 11 is 0. The Hall–Kier alpha value is -1.06. The molecule has 0 aliphatic heterocycles. The molecule has 2 unspecified atom stereocenters. The standard InChI is InChI=1S/C12H19NO2/c1-8(13)11-5-4-6-12(7-11)15-10(3)9(2)14/h4-10,14H,13H2,1-3H3/t8-,9?,10?/m1/s1. The Morgan fingerprint density at radius 1 is 1.27 bits per heavy atom. The normalized spacial score (nSPS) is 16.9. The van der Waals surface area contributed by atoms with Crippen LogP contribution in [0.2, 0.25) is 0 Å². The third-order valence-corrected chi connectivity index (χ3v) is 2.39. The number of aliphatic hydroxyl groups is 1. The molecule has 0 amide bonds. The lowest BCUT2D eigenvalue weighted by molar-refractivity contribution is 0.0604. The van der Waals surface area contributed by atoms with E-state index in [2.05, 4.69) is 0 Å². The first-order valence-corrected chi connectivity index (χ1v) is 5.21. The van der Waals surface area contributed by atoms with E-state index in [9.17, 15) is 5.11 Å². The van der Waals surface area contributed by atoms with Crippen LogP contribution in [0, 0.1) is 0 Å². The van der Waals surface area contributed by atoms with Crippen LogP contribution in [-0.2, 0) is 0 Å². The minimum Gasteiger partial charge on any atom is -0.488 e. The van der Waals surface area contributed by atoms with Gasteiger partial charge in [-0.05, 0) is 38.5 Å². The second kappa shape index (κ2) is 5.14. The molecule has 3 heteroatoms. The van der Waals surface area contributed by atoms with Gasteiger partial charge in [0, 0.05) is 6.04 Å². The van der Waals surface area contributed by atoms with Crippen molar-refractivity contribution in [3.8, 4) is 5.75 Å². The lowest BCUT2D eigenvalue weighted by Gasteiger charge is -2.18. The molecule has 0 saturated heterocycles. The summed E-state index contributed by atoms with van der Waals surface area (Å²) in [5.74, 6) is 0.748. The molecular weight excluding hydrogens is 190 g/mol.